The first-order chi connectivity index (χ1) is 9.20. The van der Waals surface area contributed by atoms with Crippen LogP contribution in [0.25, 0.3) is 0 Å². The van der Waals surface area contributed by atoms with Crippen LogP contribution in [0.5, 0.6) is 0 Å². The highest BCUT2D eigenvalue weighted by atomic mass is 16.5. The zero-order chi connectivity index (χ0) is 14.3. The van der Waals surface area contributed by atoms with Crippen molar-refractivity contribution in [1.29, 1.82) is 0 Å². The van der Waals surface area contributed by atoms with Gasteiger partial charge in [0.05, 0.1) is 6.61 Å². The first-order valence-electron chi connectivity index (χ1n) is 7.52. The Labute approximate surface area is 117 Å². The van der Waals surface area contributed by atoms with E-state index in [-0.39, 0.29) is 12.4 Å². The molecule has 19 heavy (non-hydrogen) atoms. The number of aliphatic hydroxyl groups is 1. The second-order valence-corrected chi connectivity index (χ2v) is 4.70. The van der Waals surface area contributed by atoms with Gasteiger partial charge in [-0.3, -0.25) is 4.79 Å². The summed E-state index contributed by atoms with van der Waals surface area (Å²) in [6.45, 7) is 4.37. The maximum atomic E-state index is 11.1. The molecule has 110 valence electrons. The summed E-state index contributed by atoms with van der Waals surface area (Å²) in [6.07, 6.45) is 8.22. The van der Waals surface area contributed by atoms with Crippen molar-refractivity contribution in [3.8, 4) is 11.8 Å². The second-order valence-electron chi connectivity index (χ2n) is 4.70. The van der Waals surface area contributed by atoms with Crippen molar-refractivity contribution in [2.45, 2.75) is 77.7 Å². The normalized spacial score (nSPS) is 11.5. The van der Waals surface area contributed by atoms with Gasteiger partial charge in [-0.1, -0.05) is 44.9 Å². The second kappa shape index (κ2) is 13.4. The fraction of sp³-hybridized carbons (Fsp3) is 0.812. The highest BCUT2D eigenvalue weighted by Gasteiger charge is 2.05. The minimum atomic E-state index is -0.704. The highest BCUT2D eigenvalue weighted by Crippen LogP contribution is 2.06. The number of unbranched alkanes of at least 4 members (excludes halogenated alkanes) is 6. The molecule has 1 atom stereocenters. The van der Waals surface area contributed by atoms with Gasteiger partial charge in [0.25, 0.3) is 0 Å². The standard InChI is InChI=1S/C16H28O3/c1-3-5-6-7-8-9-10-11-12-15(17)13-14-16(18)19-4-2/h15,17H,3-10,13-14H2,1-2H3. The molecule has 0 saturated heterocycles. The first-order valence-corrected chi connectivity index (χ1v) is 7.52. The molecule has 0 rings (SSSR count). The minimum absolute atomic E-state index is 0.237. The average Bonchev–Trinajstić information content (AvgIpc) is 2.40. The molecule has 0 aromatic carbocycles. The number of carbonyl (C=O) groups is 1. The summed E-state index contributed by atoms with van der Waals surface area (Å²) < 4.78 is 4.78. The van der Waals surface area contributed by atoms with Gasteiger partial charge in [-0.25, -0.2) is 0 Å². The zero-order valence-corrected chi connectivity index (χ0v) is 12.4. The van der Waals surface area contributed by atoms with E-state index in [9.17, 15) is 9.90 Å². The summed E-state index contributed by atoms with van der Waals surface area (Å²) >= 11 is 0. The van der Waals surface area contributed by atoms with Crippen molar-refractivity contribution in [3.05, 3.63) is 0 Å². The third-order valence-electron chi connectivity index (χ3n) is 2.85. The van der Waals surface area contributed by atoms with Crippen LogP contribution in [0.3, 0.4) is 0 Å². The number of ether oxygens (including phenoxy) is 1. The van der Waals surface area contributed by atoms with Crippen molar-refractivity contribution in [2.24, 2.45) is 0 Å². The molecule has 0 amide bonds. The van der Waals surface area contributed by atoms with E-state index >= 15 is 0 Å². The molecule has 0 fully saturated rings. The largest absolute Gasteiger partial charge is 0.466 e. The number of rotatable bonds is 10. The Morgan fingerprint density at radius 2 is 1.84 bits per heavy atom. The molecule has 0 aromatic rings. The molecule has 1 N–H and O–H groups in total. The molecule has 0 aromatic heterocycles. The lowest BCUT2D eigenvalue weighted by Gasteiger charge is -2.03. The van der Waals surface area contributed by atoms with Crippen LogP contribution in [-0.4, -0.2) is 23.8 Å². The van der Waals surface area contributed by atoms with Gasteiger partial charge in [-0.2, -0.15) is 0 Å². The maximum Gasteiger partial charge on any atom is 0.305 e. The lowest BCUT2D eigenvalue weighted by molar-refractivity contribution is -0.143. The number of hydrogen-bond donors (Lipinski definition) is 1. The fourth-order valence-corrected chi connectivity index (χ4v) is 1.74. The van der Waals surface area contributed by atoms with Gasteiger partial charge in [0.1, 0.15) is 6.10 Å². The van der Waals surface area contributed by atoms with E-state index in [0.29, 0.717) is 13.0 Å². The van der Waals surface area contributed by atoms with Gasteiger partial charge < -0.3 is 9.84 Å². The Kier molecular flexibility index (Phi) is 12.7. The van der Waals surface area contributed by atoms with Crippen molar-refractivity contribution in [1.82, 2.24) is 0 Å². The summed E-state index contributed by atoms with van der Waals surface area (Å²) in [6, 6.07) is 0. The molecule has 0 aliphatic rings. The van der Waals surface area contributed by atoms with E-state index in [4.69, 9.17) is 4.74 Å². The van der Waals surface area contributed by atoms with E-state index < -0.39 is 6.10 Å². The van der Waals surface area contributed by atoms with Gasteiger partial charge in [-0.15, -0.1) is 5.92 Å². The summed E-state index contributed by atoms with van der Waals surface area (Å²) in [5, 5.41) is 9.56. The maximum absolute atomic E-state index is 11.1. The smallest absolute Gasteiger partial charge is 0.305 e. The van der Waals surface area contributed by atoms with Crippen molar-refractivity contribution >= 4 is 5.97 Å². The van der Waals surface area contributed by atoms with Crippen LogP contribution in [0, 0.1) is 11.8 Å². The van der Waals surface area contributed by atoms with E-state index in [1.54, 1.807) is 6.92 Å². The van der Waals surface area contributed by atoms with Crippen LogP contribution in [0.2, 0.25) is 0 Å². The van der Waals surface area contributed by atoms with Crippen molar-refractivity contribution < 1.29 is 14.6 Å². The predicted molar refractivity (Wildman–Crippen MR) is 77.6 cm³/mol. The molecule has 0 spiro atoms. The first kappa shape index (κ1) is 18.0. The Balaban J connectivity index is 3.47. The van der Waals surface area contributed by atoms with Crippen LogP contribution < -0.4 is 0 Å². The third-order valence-corrected chi connectivity index (χ3v) is 2.85. The van der Waals surface area contributed by atoms with Crippen LogP contribution in [0.4, 0.5) is 0 Å². The summed E-state index contributed by atoms with van der Waals surface area (Å²) in [7, 11) is 0. The van der Waals surface area contributed by atoms with Crippen LogP contribution >= 0.6 is 0 Å². The quantitative estimate of drug-likeness (QED) is 0.375. The predicted octanol–water partition coefficient (Wildman–Crippen LogP) is 3.44. The number of hydrogen-bond acceptors (Lipinski definition) is 3. The lowest BCUT2D eigenvalue weighted by Crippen LogP contribution is -2.09. The molecule has 0 aliphatic heterocycles. The molecule has 1 unspecified atom stereocenters. The summed E-state index contributed by atoms with van der Waals surface area (Å²) in [4.78, 5) is 11.1. The topological polar surface area (TPSA) is 46.5 Å². The minimum Gasteiger partial charge on any atom is -0.466 e. The molecule has 0 bridgehead atoms. The Morgan fingerprint density at radius 3 is 2.53 bits per heavy atom. The Hall–Kier alpha value is -1.01. The third kappa shape index (κ3) is 13.2. The van der Waals surface area contributed by atoms with E-state index in [1.165, 1.54) is 32.1 Å². The molecular formula is C16H28O3. The van der Waals surface area contributed by atoms with Gasteiger partial charge in [-0.05, 0) is 19.8 Å². The molecule has 3 heteroatoms. The molecule has 0 aliphatic carbocycles. The lowest BCUT2D eigenvalue weighted by atomic mass is 10.1. The summed E-state index contributed by atoms with van der Waals surface area (Å²) in [5.74, 6) is 5.50. The van der Waals surface area contributed by atoms with Gasteiger partial charge in [0, 0.05) is 12.8 Å². The molecule has 3 nitrogen and oxygen atoms in total. The highest BCUT2D eigenvalue weighted by molar-refractivity contribution is 5.69. The van der Waals surface area contributed by atoms with E-state index in [2.05, 4.69) is 18.8 Å². The fourth-order valence-electron chi connectivity index (χ4n) is 1.74. The molecular weight excluding hydrogens is 240 g/mol. The van der Waals surface area contributed by atoms with Crippen LogP contribution in [-0.2, 0) is 9.53 Å². The monoisotopic (exact) mass is 268 g/mol. The van der Waals surface area contributed by atoms with Crippen molar-refractivity contribution in [3.63, 3.8) is 0 Å². The van der Waals surface area contributed by atoms with Gasteiger partial charge in [0.15, 0.2) is 0 Å². The van der Waals surface area contributed by atoms with Crippen molar-refractivity contribution in [2.75, 3.05) is 6.61 Å². The van der Waals surface area contributed by atoms with Gasteiger partial charge in [0.2, 0.25) is 0 Å². The summed E-state index contributed by atoms with van der Waals surface area (Å²) in [5.41, 5.74) is 0. The zero-order valence-electron chi connectivity index (χ0n) is 12.4. The van der Waals surface area contributed by atoms with Gasteiger partial charge >= 0.3 is 5.97 Å². The number of esters is 1. The molecule has 0 radical (unpaired) electrons. The van der Waals surface area contributed by atoms with E-state index in [1.807, 2.05) is 0 Å². The van der Waals surface area contributed by atoms with Crippen LogP contribution in [0.15, 0.2) is 0 Å². The number of aliphatic hydroxyl groups excluding tert-OH is 1. The average molecular weight is 268 g/mol. The SMILES string of the molecule is CCCCCCCCC#CC(O)CCC(=O)OCC. The Bertz CT molecular complexity index is 275. The van der Waals surface area contributed by atoms with E-state index in [0.717, 1.165) is 12.8 Å². The Morgan fingerprint density at radius 1 is 1.16 bits per heavy atom. The number of carbonyl (C=O) groups excluding carboxylic acids is 1. The molecule has 0 saturated carbocycles. The van der Waals surface area contributed by atoms with Crippen LogP contribution in [0.1, 0.15) is 71.6 Å². The molecule has 0 heterocycles.